The minimum Gasteiger partial charge on any atom is -0.486 e. The van der Waals surface area contributed by atoms with Crippen molar-refractivity contribution in [3.8, 4) is 5.75 Å². The Hall–Kier alpha value is -2.81. The van der Waals surface area contributed by atoms with Gasteiger partial charge in [0.15, 0.2) is 5.75 Å². The van der Waals surface area contributed by atoms with Gasteiger partial charge in [-0.05, 0) is 81.6 Å². The summed E-state index contributed by atoms with van der Waals surface area (Å²) in [5, 5.41) is 2.06. The van der Waals surface area contributed by atoms with Gasteiger partial charge in [0.1, 0.15) is 13.2 Å². The van der Waals surface area contributed by atoms with Crippen molar-refractivity contribution in [2.24, 2.45) is 0 Å². The van der Waals surface area contributed by atoms with Crippen LogP contribution in [0.4, 0.5) is 4.79 Å². The Morgan fingerprint density at radius 3 is 2.63 bits per heavy atom. The molecule has 0 aliphatic carbocycles. The smallest absolute Gasteiger partial charge is 0.326 e. The number of hydrogen-bond acceptors (Lipinski definition) is 6. The zero-order valence-electron chi connectivity index (χ0n) is 18.9. The number of benzene rings is 3. The van der Waals surface area contributed by atoms with Crippen molar-refractivity contribution in [1.29, 1.82) is 0 Å². The fraction of sp³-hybridized carbons (Fsp3) is 0.192. The molecule has 0 radical (unpaired) electrons. The summed E-state index contributed by atoms with van der Waals surface area (Å²) >= 11 is 10.8. The van der Waals surface area contributed by atoms with E-state index in [0.29, 0.717) is 27.4 Å². The Morgan fingerprint density at radius 2 is 1.89 bits per heavy atom. The van der Waals surface area contributed by atoms with Gasteiger partial charge in [0.05, 0.1) is 20.5 Å². The molecule has 0 bridgehead atoms. The predicted molar refractivity (Wildman–Crippen MR) is 141 cm³/mol. The number of nitrogens with zero attached hydrogens (tertiary/aromatic N) is 1. The third-order valence-corrected chi connectivity index (χ3v) is 6.88. The molecule has 1 aliphatic rings. The minimum atomic E-state index is -0.637. The van der Waals surface area contributed by atoms with Crippen molar-refractivity contribution in [3.63, 3.8) is 0 Å². The van der Waals surface area contributed by atoms with Crippen molar-refractivity contribution in [1.82, 2.24) is 4.90 Å². The molecule has 2 amide bonds. The molecular formula is C26H21BrClNO5S. The van der Waals surface area contributed by atoms with Crippen LogP contribution in [0.2, 0.25) is 5.02 Å². The summed E-state index contributed by atoms with van der Waals surface area (Å²) < 4.78 is 11.7. The van der Waals surface area contributed by atoms with Gasteiger partial charge in [-0.15, -0.1) is 0 Å². The summed E-state index contributed by atoms with van der Waals surface area (Å²) in [6, 6.07) is 17.5. The maximum atomic E-state index is 12.7. The van der Waals surface area contributed by atoms with E-state index in [4.69, 9.17) is 21.1 Å². The van der Waals surface area contributed by atoms with E-state index < -0.39 is 23.7 Å². The third kappa shape index (κ3) is 5.89. The molecule has 35 heavy (non-hydrogen) atoms. The molecular weight excluding hydrogens is 554 g/mol. The molecule has 0 aromatic heterocycles. The van der Waals surface area contributed by atoms with Gasteiger partial charge in [-0.3, -0.25) is 19.3 Å². The first-order valence-corrected chi connectivity index (χ1v) is 12.7. The van der Waals surface area contributed by atoms with Gasteiger partial charge in [0.2, 0.25) is 0 Å². The molecule has 0 N–H and O–H groups in total. The van der Waals surface area contributed by atoms with Gasteiger partial charge in [0.25, 0.3) is 11.1 Å². The Labute approximate surface area is 220 Å². The average molecular weight is 575 g/mol. The summed E-state index contributed by atoms with van der Waals surface area (Å²) in [7, 11) is 0. The summed E-state index contributed by atoms with van der Waals surface area (Å²) in [4.78, 5) is 37.9. The number of imide groups is 1. The van der Waals surface area contributed by atoms with Crippen molar-refractivity contribution in [3.05, 3.63) is 80.1 Å². The van der Waals surface area contributed by atoms with Crippen molar-refractivity contribution >= 4 is 73.3 Å². The van der Waals surface area contributed by atoms with Gasteiger partial charge >= 0.3 is 5.97 Å². The van der Waals surface area contributed by atoms with Gasteiger partial charge in [0, 0.05) is 0 Å². The van der Waals surface area contributed by atoms with Crippen LogP contribution in [0.5, 0.6) is 5.75 Å². The van der Waals surface area contributed by atoms with Crippen molar-refractivity contribution in [2.75, 3.05) is 6.54 Å². The largest absolute Gasteiger partial charge is 0.486 e. The molecule has 1 fully saturated rings. The molecule has 1 heterocycles. The summed E-state index contributed by atoms with van der Waals surface area (Å²) in [5.74, 6) is -0.715. The average Bonchev–Trinajstić information content (AvgIpc) is 3.05. The van der Waals surface area contributed by atoms with Crippen LogP contribution in [0.3, 0.4) is 0 Å². The molecule has 180 valence electrons. The Bertz CT molecular complexity index is 1330. The molecule has 1 saturated heterocycles. The lowest BCUT2D eigenvalue weighted by Crippen LogP contribution is -2.35. The second kappa shape index (κ2) is 10.8. The standard InChI is InChI=1S/C26H21BrClNO5S/c1-15(2)34-23(30)13-29-25(31)22(35-26(29)32)12-16-10-20(27)24(21(28)11-16)33-14-18-8-5-7-17-6-3-4-9-19(17)18/h3-12,15H,13-14H2,1-2H3/b22-12+. The molecule has 3 aromatic rings. The van der Waals surface area contributed by atoms with Crippen LogP contribution >= 0.6 is 39.3 Å². The molecule has 0 atom stereocenters. The Morgan fingerprint density at radius 1 is 1.14 bits per heavy atom. The second-order valence-corrected chi connectivity index (χ2v) is 10.3. The number of hydrogen-bond donors (Lipinski definition) is 0. The zero-order chi connectivity index (χ0) is 25.1. The van der Waals surface area contributed by atoms with E-state index in [0.717, 1.165) is 33.0 Å². The molecule has 1 aliphatic heterocycles. The van der Waals surface area contributed by atoms with Crippen LogP contribution in [-0.4, -0.2) is 34.7 Å². The molecule has 0 unspecified atom stereocenters. The highest BCUT2D eigenvalue weighted by Gasteiger charge is 2.36. The SMILES string of the molecule is CC(C)OC(=O)CN1C(=O)S/C(=C/c2cc(Cl)c(OCc3cccc4ccccc34)c(Br)c2)C1=O. The number of ether oxygens (including phenoxy) is 2. The number of carbonyl (C=O) groups is 3. The molecule has 6 nitrogen and oxygen atoms in total. The normalized spacial score (nSPS) is 14.9. The fourth-order valence-electron chi connectivity index (χ4n) is 3.59. The number of esters is 1. The topological polar surface area (TPSA) is 72.9 Å². The highest BCUT2D eigenvalue weighted by Crippen LogP contribution is 2.38. The molecule has 0 saturated carbocycles. The van der Waals surface area contributed by atoms with E-state index in [-0.39, 0.29) is 11.0 Å². The number of fused-ring (bicyclic) bond motifs is 1. The van der Waals surface area contributed by atoms with Crippen molar-refractivity contribution in [2.45, 2.75) is 26.6 Å². The molecule has 3 aromatic carbocycles. The molecule has 0 spiro atoms. The lowest BCUT2D eigenvalue weighted by molar-refractivity contribution is -0.149. The zero-order valence-corrected chi connectivity index (χ0v) is 22.1. The van der Waals surface area contributed by atoms with Crippen LogP contribution in [-0.2, 0) is 20.9 Å². The first-order chi connectivity index (χ1) is 16.7. The summed E-state index contributed by atoms with van der Waals surface area (Å²) in [6.07, 6.45) is 1.22. The second-order valence-electron chi connectivity index (χ2n) is 8.05. The number of thioether (sulfide) groups is 1. The fourth-order valence-corrected chi connectivity index (χ4v) is 5.41. The lowest BCUT2D eigenvalue weighted by Gasteiger charge is -2.13. The number of amides is 2. The van der Waals surface area contributed by atoms with E-state index in [1.54, 1.807) is 32.1 Å². The van der Waals surface area contributed by atoms with Crippen LogP contribution in [0.15, 0.2) is 64.0 Å². The van der Waals surface area contributed by atoms with E-state index in [9.17, 15) is 14.4 Å². The Kier molecular flexibility index (Phi) is 7.84. The predicted octanol–water partition coefficient (Wildman–Crippen LogP) is 6.82. The first-order valence-electron chi connectivity index (χ1n) is 10.8. The summed E-state index contributed by atoms with van der Waals surface area (Å²) in [5.41, 5.74) is 1.63. The quantitative estimate of drug-likeness (QED) is 0.228. The summed E-state index contributed by atoms with van der Waals surface area (Å²) in [6.45, 7) is 3.29. The van der Waals surface area contributed by atoms with Gasteiger partial charge in [-0.2, -0.15) is 0 Å². The first kappa shape index (κ1) is 25.3. The molecule has 9 heteroatoms. The van der Waals surface area contributed by atoms with Crippen molar-refractivity contribution < 1.29 is 23.9 Å². The van der Waals surface area contributed by atoms with Gasteiger partial charge in [-0.1, -0.05) is 54.1 Å². The van der Waals surface area contributed by atoms with Crippen LogP contribution in [0, 0.1) is 0 Å². The van der Waals surface area contributed by atoms with Crippen LogP contribution in [0.25, 0.3) is 16.8 Å². The van der Waals surface area contributed by atoms with Gasteiger partial charge < -0.3 is 9.47 Å². The van der Waals surface area contributed by atoms with E-state index >= 15 is 0 Å². The number of rotatable bonds is 7. The van der Waals surface area contributed by atoms with E-state index in [2.05, 4.69) is 15.9 Å². The minimum absolute atomic E-state index is 0.194. The van der Waals surface area contributed by atoms with Crippen LogP contribution < -0.4 is 4.74 Å². The van der Waals surface area contributed by atoms with Gasteiger partial charge in [-0.25, -0.2) is 0 Å². The van der Waals surface area contributed by atoms with Crippen LogP contribution in [0.1, 0.15) is 25.0 Å². The van der Waals surface area contributed by atoms with E-state index in [1.165, 1.54) is 0 Å². The van der Waals surface area contributed by atoms with E-state index in [1.807, 2.05) is 42.5 Å². The third-order valence-electron chi connectivity index (χ3n) is 5.10. The monoisotopic (exact) mass is 573 g/mol. The number of carbonyl (C=O) groups excluding carboxylic acids is 3. The Balaban J connectivity index is 1.50. The lowest BCUT2D eigenvalue weighted by atomic mass is 10.1. The molecule has 4 rings (SSSR count). The maximum Gasteiger partial charge on any atom is 0.326 e. The highest BCUT2D eigenvalue weighted by molar-refractivity contribution is 9.10. The maximum absolute atomic E-state index is 12.7. The highest BCUT2D eigenvalue weighted by atomic mass is 79.9. The number of halogens is 2.